The number of hydrogen-bond donors (Lipinski definition) is 1. The Morgan fingerprint density at radius 1 is 1.14 bits per heavy atom. The average Bonchev–Trinajstić information content (AvgIpc) is 3.19. The van der Waals surface area contributed by atoms with Crippen molar-refractivity contribution in [3.8, 4) is 5.69 Å². The van der Waals surface area contributed by atoms with Gasteiger partial charge >= 0.3 is 5.97 Å². The largest absolute Gasteiger partial charge is 0.465 e. The molecule has 3 rings (SSSR count). The third-order valence-electron chi connectivity index (χ3n) is 4.09. The van der Waals surface area contributed by atoms with E-state index in [1.807, 2.05) is 35.8 Å². The van der Waals surface area contributed by atoms with E-state index in [0.717, 1.165) is 16.8 Å². The molecule has 1 amide bonds. The first-order valence-corrected chi connectivity index (χ1v) is 9.60. The van der Waals surface area contributed by atoms with E-state index in [2.05, 4.69) is 20.3 Å². The van der Waals surface area contributed by atoms with Crippen molar-refractivity contribution in [2.45, 2.75) is 18.6 Å². The number of nitrogens with zero attached hydrogens (tertiary/aromatic N) is 3. The highest BCUT2D eigenvalue weighted by atomic mass is 32.2. The summed E-state index contributed by atoms with van der Waals surface area (Å²) in [4.78, 5) is 23.6. The molecule has 2 aromatic carbocycles. The van der Waals surface area contributed by atoms with Crippen LogP contribution >= 0.6 is 11.8 Å². The van der Waals surface area contributed by atoms with E-state index < -0.39 is 0 Å². The van der Waals surface area contributed by atoms with Crippen molar-refractivity contribution in [3.05, 3.63) is 71.5 Å². The number of ether oxygens (including phenoxy) is 1. The number of nitrogens with one attached hydrogen (secondary N) is 1. The Hall–Kier alpha value is -3.13. The summed E-state index contributed by atoms with van der Waals surface area (Å²) in [6.07, 6.45) is 1.64. The quantitative estimate of drug-likeness (QED) is 0.488. The molecule has 0 saturated carbocycles. The summed E-state index contributed by atoms with van der Waals surface area (Å²) in [5.74, 6) is -0.267. The Morgan fingerprint density at radius 3 is 2.61 bits per heavy atom. The number of methoxy groups -OCH3 is 1. The van der Waals surface area contributed by atoms with Crippen LogP contribution in [0.3, 0.4) is 0 Å². The van der Waals surface area contributed by atoms with Gasteiger partial charge in [0.2, 0.25) is 5.91 Å². The summed E-state index contributed by atoms with van der Waals surface area (Å²) in [6.45, 7) is 2.40. The van der Waals surface area contributed by atoms with Gasteiger partial charge in [0.1, 0.15) is 6.33 Å². The molecule has 0 radical (unpaired) electrons. The van der Waals surface area contributed by atoms with Gasteiger partial charge in [-0.25, -0.2) is 4.79 Å². The van der Waals surface area contributed by atoms with Crippen LogP contribution in [0.5, 0.6) is 0 Å². The van der Waals surface area contributed by atoms with Gasteiger partial charge in [0.15, 0.2) is 5.16 Å². The Kier molecular flexibility index (Phi) is 6.44. The third-order valence-corrected chi connectivity index (χ3v) is 5.03. The van der Waals surface area contributed by atoms with E-state index in [-0.39, 0.29) is 17.6 Å². The van der Waals surface area contributed by atoms with Crippen molar-refractivity contribution in [2.24, 2.45) is 0 Å². The summed E-state index contributed by atoms with van der Waals surface area (Å²) >= 11 is 1.33. The van der Waals surface area contributed by atoms with Crippen LogP contribution in [0.2, 0.25) is 0 Å². The normalized spacial score (nSPS) is 10.5. The number of aryl methyl sites for hydroxylation is 1. The summed E-state index contributed by atoms with van der Waals surface area (Å²) in [5, 5.41) is 11.6. The first-order chi connectivity index (χ1) is 13.6. The number of benzene rings is 2. The van der Waals surface area contributed by atoms with E-state index in [1.54, 1.807) is 30.6 Å². The zero-order chi connectivity index (χ0) is 19.9. The van der Waals surface area contributed by atoms with Crippen molar-refractivity contribution in [3.63, 3.8) is 0 Å². The monoisotopic (exact) mass is 396 g/mol. The lowest BCUT2D eigenvalue weighted by Crippen LogP contribution is -2.24. The lowest BCUT2D eigenvalue weighted by molar-refractivity contribution is -0.118. The smallest absolute Gasteiger partial charge is 0.337 e. The van der Waals surface area contributed by atoms with Crippen LogP contribution in [0.1, 0.15) is 21.5 Å². The third kappa shape index (κ3) is 4.77. The summed E-state index contributed by atoms with van der Waals surface area (Å²) < 4.78 is 6.54. The first kappa shape index (κ1) is 19.6. The predicted octanol–water partition coefficient (Wildman–Crippen LogP) is 2.77. The second kappa shape index (κ2) is 9.18. The number of esters is 1. The molecule has 0 aliphatic heterocycles. The van der Waals surface area contributed by atoms with Crippen LogP contribution in [-0.4, -0.2) is 39.5 Å². The molecule has 7 nitrogen and oxygen atoms in total. The zero-order valence-corrected chi connectivity index (χ0v) is 16.4. The van der Waals surface area contributed by atoms with Crippen LogP contribution in [0.25, 0.3) is 5.69 Å². The van der Waals surface area contributed by atoms with Crippen molar-refractivity contribution in [2.75, 3.05) is 12.9 Å². The Bertz CT molecular complexity index is 970. The molecule has 0 fully saturated rings. The van der Waals surface area contributed by atoms with Crippen molar-refractivity contribution in [1.82, 2.24) is 20.1 Å². The predicted molar refractivity (Wildman–Crippen MR) is 106 cm³/mol. The van der Waals surface area contributed by atoms with E-state index in [1.165, 1.54) is 18.9 Å². The number of carbonyl (C=O) groups excluding carboxylic acids is 2. The standard InChI is InChI=1S/C20H20N4O3S/c1-14-5-3-4-6-17(14)24-13-22-23-20(24)28-12-18(25)21-11-15-7-9-16(10-8-15)19(26)27-2/h3-10,13H,11-12H2,1-2H3,(H,21,25). The van der Waals surface area contributed by atoms with Gasteiger partial charge in [0.05, 0.1) is 24.1 Å². The van der Waals surface area contributed by atoms with Crippen LogP contribution < -0.4 is 5.32 Å². The molecule has 0 aliphatic rings. The minimum atomic E-state index is -0.384. The van der Waals surface area contributed by atoms with Crippen LogP contribution in [-0.2, 0) is 16.1 Å². The summed E-state index contributed by atoms with van der Waals surface area (Å²) in [6, 6.07) is 14.8. The number of rotatable bonds is 7. The molecule has 1 N–H and O–H groups in total. The molecule has 1 aromatic heterocycles. The molecule has 28 heavy (non-hydrogen) atoms. The maximum atomic E-state index is 12.2. The fraction of sp³-hybridized carbons (Fsp3) is 0.200. The summed E-state index contributed by atoms with van der Waals surface area (Å²) in [7, 11) is 1.34. The minimum Gasteiger partial charge on any atom is -0.465 e. The molecule has 0 spiro atoms. The van der Waals surface area contributed by atoms with Crippen LogP contribution in [0, 0.1) is 6.92 Å². The average molecular weight is 396 g/mol. The Balaban J connectivity index is 1.54. The lowest BCUT2D eigenvalue weighted by Gasteiger charge is -2.09. The maximum Gasteiger partial charge on any atom is 0.337 e. The van der Waals surface area contributed by atoms with Gasteiger partial charge in [0.25, 0.3) is 0 Å². The van der Waals surface area contributed by atoms with Gasteiger partial charge in [-0.1, -0.05) is 42.1 Å². The zero-order valence-electron chi connectivity index (χ0n) is 15.6. The molecule has 144 valence electrons. The van der Waals surface area contributed by atoms with E-state index in [9.17, 15) is 9.59 Å². The highest BCUT2D eigenvalue weighted by Crippen LogP contribution is 2.21. The van der Waals surface area contributed by atoms with E-state index >= 15 is 0 Å². The number of carbonyl (C=O) groups is 2. The lowest BCUT2D eigenvalue weighted by atomic mass is 10.1. The Morgan fingerprint density at radius 2 is 1.89 bits per heavy atom. The molecule has 0 saturated heterocycles. The molecule has 1 heterocycles. The van der Waals surface area contributed by atoms with Crippen molar-refractivity contribution >= 4 is 23.6 Å². The van der Waals surface area contributed by atoms with E-state index in [0.29, 0.717) is 17.3 Å². The highest BCUT2D eigenvalue weighted by molar-refractivity contribution is 7.99. The number of thioether (sulfide) groups is 1. The fourth-order valence-electron chi connectivity index (χ4n) is 2.58. The van der Waals surface area contributed by atoms with Crippen molar-refractivity contribution in [1.29, 1.82) is 0 Å². The van der Waals surface area contributed by atoms with Crippen molar-refractivity contribution < 1.29 is 14.3 Å². The van der Waals surface area contributed by atoms with Gasteiger partial charge in [-0.2, -0.15) is 0 Å². The van der Waals surface area contributed by atoms with Gasteiger partial charge in [0, 0.05) is 6.54 Å². The van der Waals surface area contributed by atoms with Crippen LogP contribution in [0.4, 0.5) is 0 Å². The first-order valence-electron chi connectivity index (χ1n) is 8.61. The Labute approximate surface area is 167 Å². The molecule has 0 unspecified atom stereocenters. The van der Waals surface area contributed by atoms with Gasteiger partial charge in [-0.15, -0.1) is 10.2 Å². The molecule has 0 bridgehead atoms. The van der Waals surface area contributed by atoms with Gasteiger partial charge in [-0.3, -0.25) is 9.36 Å². The molecule has 3 aromatic rings. The SMILES string of the molecule is COC(=O)c1ccc(CNC(=O)CSc2nncn2-c2ccccc2C)cc1. The van der Waals surface area contributed by atoms with Crippen LogP contribution in [0.15, 0.2) is 60.0 Å². The molecule has 0 aliphatic carbocycles. The van der Waals surface area contributed by atoms with Gasteiger partial charge < -0.3 is 10.1 Å². The fourth-order valence-corrected chi connectivity index (χ4v) is 3.33. The summed E-state index contributed by atoms with van der Waals surface area (Å²) in [5.41, 5.74) is 3.46. The second-order valence-electron chi connectivity index (χ2n) is 6.02. The molecule has 0 atom stereocenters. The second-order valence-corrected chi connectivity index (χ2v) is 6.97. The van der Waals surface area contributed by atoms with Gasteiger partial charge in [-0.05, 0) is 36.2 Å². The number of hydrogen-bond acceptors (Lipinski definition) is 6. The number of aromatic nitrogens is 3. The minimum absolute atomic E-state index is 0.110. The molecular formula is C20H20N4O3S. The molecule has 8 heteroatoms. The van der Waals surface area contributed by atoms with E-state index in [4.69, 9.17) is 0 Å². The highest BCUT2D eigenvalue weighted by Gasteiger charge is 2.11. The molecular weight excluding hydrogens is 376 g/mol. The number of para-hydroxylation sites is 1. The number of amides is 1. The topological polar surface area (TPSA) is 86.1 Å². The maximum absolute atomic E-state index is 12.2.